The van der Waals surface area contributed by atoms with E-state index in [1.807, 2.05) is 0 Å². The minimum Gasteiger partial charge on any atom is -0.508 e. The number of phenols is 1. The van der Waals surface area contributed by atoms with Gasteiger partial charge in [0.2, 0.25) is 5.03 Å². The Hall–Kier alpha value is -1.45. The smallest absolute Gasteiger partial charge is 0.260 e. The molecule has 2 aromatic rings. The molecule has 1 aromatic carbocycles. The third-order valence-electron chi connectivity index (χ3n) is 2.39. The number of nitrogens with one attached hydrogen (secondary N) is 1. The van der Waals surface area contributed by atoms with Crippen molar-refractivity contribution >= 4 is 26.0 Å². The van der Waals surface area contributed by atoms with Gasteiger partial charge in [0.1, 0.15) is 5.75 Å². The lowest BCUT2D eigenvalue weighted by Crippen LogP contribution is -2.25. The van der Waals surface area contributed by atoms with Crippen molar-refractivity contribution in [2.45, 2.75) is 11.6 Å². The third kappa shape index (κ3) is 3.11. The van der Waals surface area contributed by atoms with Gasteiger partial charge in [-0.2, -0.15) is 0 Å². The molecule has 0 saturated heterocycles. The second-order valence-electron chi connectivity index (χ2n) is 3.80. The highest BCUT2D eigenvalue weighted by molar-refractivity contribution is 9.10. The summed E-state index contributed by atoms with van der Waals surface area (Å²) < 4.78 is 27.9. The molecule has 0 fully saturated rings. The van der Waals surface area contributed by atoms with E-state index in [2.05, 4.69) is 31.0 Å². The fraction of sp³-hybridized carbons (Fsp3) is 0.200. The first-order valence-corrected chi connectivity index (χ1v) is 7.50. The van der Waals surface area contributed by atoms with Crippen molar-refractivity contribution in [1.29, 1.82) is 0 Å². The number of hydrogen-bond donors (Lipinski definition) is 2. The first-order valence-electron chi connectivity index (χ1n) is 5.23. The van der Waals surface area contributed by atoms with Gasteiger partial charge in [-0.15, -0.1) is 5.10 Å². The normalized spacial score (nSPS) is 11.7. The van der Waals surface area contributed by atoms with Crippen LogP contribution in [0.5, 0.6) is 5.75 Å². The van der Waals surface area contributed by atoms with Crippen molar-refractivity contribution < 1.29 is 13.5 Å². The van der Waals surface area contributed by atoms with Crippen molar-refractivity contribution in [3.63, 3.8) is 0 Å². The maximum atomic E-state index is 12.1. The van der Waals surface area contributed by atoms with E-state index in [9.17, 15) is 8.42 Å². The Morgan fingerprint density at radius 1 is 1.37 bits per heavy atom. The van der Waals surface area contributed by atoms with Crippen LogP contribution in [0.3, 0.4) is 0 Å². The SMILES string of the molecule is Cn1nnc(Br)c1S(=O)(=O)NCc1ccc(O)cc1. The summed E-state index contributed by atoms with van der Waals surface area (Å²) >= 11 is 3.04. The van der Waals surface area contributed by atoms with Crippen molar-refractivity contribution in [3.05, 3.63) is 34.4 Å². The number of nitrogens with zero attached hydrogens (tertiary/aromatic N) is 3. The van der Waals surface area contributed by atoms with Gasteiger partial charge in [0.25, 0.3) is 10.0 Å². The van der Waals surface area contributed by atoms with Crippen LogP contribution in [0.15, 0.2) is 33.9 Å². The average Bonchev–Trinajstić information content (AvgIpc) is 2.69. The molecule has 9 heteroatoms. The van der Waals surface area contributed by atoms with Crippen molar-refractivity contribution in [3.8, 4) is 5.75 Å². The lowest BCUT2D eigenvalue weighted by atomic mass is 10.2. The van der Waals surface area contributed by atoms with E-state index in [-0.39, 0.29) is 21.9 Å². The predicted molar refractivity (Wildman–Crippen MR) is 70.8 cm³/mol. The number of rotatable bonds is 4. The standard InChI is InChI=1S/C10H11BrN4O3S/c1-15-10(9(11)13-14-15)19(17,18)12-6-7-2-4-8(16)5-3-7/h2-5,12,16H,6H2,1H3. The van der Waals surface area contributed by atoms with Crippen LogP contribution in [-0.2, 0) is 23.6 Å². The van der Waals surface area contributed by atoms with Gasteiger partial charge in [0.05, 0.1) is 0 Å². The van der Waals surface area contributed by atoms with Crippen LogP contribution in [-0.4, -0.2) is 28.5 Å². The molecule has 7 nitrogen and oxygen atoms in total. The molecule has 1 heterocycles. The van der Waals surface area contributed by atoms with E-state index in [1.54, 1.807) is 12.1 Å². The largest absolute Gasteiger partial charge is 0.508 e. The molecule has 102 valence electrons. The lowest BCUT2D eigenvalue weighted by Gasteiger charge is -2.06. The van der Waals surface area contributed by atoms with Crippen LogP contribution in [0.4, 0.5) is 0 Å². The Labute approximate surface area is 118 Å². The first kappa shape index (κ1) is 14.0. The van der Waals surface area contributed by atoms with Gasteiger partial charge in [-0.3, -0.25) is 0 Å². The summed E-state index contributed by atoms with van der Waals surface area (Å²) in [5.41, 5.74) is 0.729. The fourth-order valence-corrected chi connectivity index (χ4v) is 3.58. The minimum atomic E-state index is -3.71. The molecule has 19 heavy (non-hydrogen) atoms. The summed E-state index contributed by atoms with van der Waals surface area (Å²) in [6.45, 7) is 0.111. The van der Waals surface area contributed by atoms with Crippen LogP contribution in [0, 0.1) is 0 Å². The Balaban J connectivity index is 2.17. The third-order valence-corrected chi connectivity index (χ3v) is 4.68. The van der Waals surface area contributed by atoms with Crippen LogP contribution in [0.1, 0.15) is 5.56 Å². The molecule has 0 saturated carbocycles. The Morgan fingerprint density at radius 3 is 2.53 bits per heavy atom. The second kappa shape index (κ2) is 5.27. The summed E-state index contributed by atoms with van der Waals surface area (Å²) in [5.74, 6) is 0.130. The van der Waals surface area contributed by atoms with Gasteiger partial charge < -0.3 is 5.11 Å². The minimum absolute atomic E-state index is 0.0359. The predicted octanol–water partition coefficient (Wildman–Crippen LogP) is 0.762. The highest BCUT2D eigenvalue weighted by Gasteiger charge is 2.23. The summed E-state index contributed by atoms with van der Waals surface area (Å²) in [7, 11) is -2.22. The van der Waals surface area contributed by atoms with Crippen LogP contribution in [0.2, 0.25) is 0 Å². The molecule has 2 rings (SSSR count). The number of hydrogen-bond acceptors (Lipinski definition) is 5. The fourth-order valence-electron chi connectivity index (χ4n) is 1.47. The maximum Gasteiger partial charge on any atom is 0.260 e. The number of benzene rings is 1. The Kier molecular flexibility index (Phi) is 3.88. The second-order valence-corrected chi connectivity index (χ2v) is 6.23. The number of phenolic OH excluding ortho intramolecular Hbond substituents is 1. The molecule has 0 radical (unpaired) electrons. The van der Waals surface area contributed by atoms with Gasteiger partial charge in [0.15, 0.2) is 4.60 Å². The number of aromatic hydroxyl groups is 1. The monoisotopic (exact) mass is 346 g/mol. The van der Waals surface area contributed by atoms with Gasteiger partial charge in [-0.1, -0.05) is 17.3 Å². The number of aryl methyl sites for hydroxylation is 1. The van der Waals surface area contributed by atoms with Gasteiger partial charge in [-0.05, 0) is 33.6 Å². The van der Waals surface area contributed by atoms with E-state index in [1.165, 1.54) is 23.9 Å². The average molecular weight is 347 g/mol. The van der Waals surface area contributed by atoms with Crippen molar-refractivity contribution in [2.24, 2.45) is 7.05 Å². The van der Waals surface area contributed by atoms with Gasteiger partial charge in [-0.25, -0.2) is 17.8 Å². The molecule has 0 bridgehead atoms. The molecule has 0 atom stereocenters. The van der Waals surface area contributed by atoms with E-state index in [0.29, 0.717) is 0 Å². The highest BCUT2D eigenvalue weighted by atomic mass is 79.9. The quantitative estimate of drug-likeness (QED) is 0.851. The Bertz CT molecular complexity index is 662. The van der Waals surface area contributed by atoms with Crippen LogP contribution >= 0.6 is 15.9 Å². The lowest BCUT2D eigenvalue weighted by molar-refractivity contribution is 0.475. The summed E-state index contributed by atoms with van der Waals surface area (Å²) in [6.07, 6.45) is 0. The topological polar surface area (TPSA) is 97.1 Å². The summed E-state index contributed by atoms with van der Waals surface area (Å²) in [6, 6.07) is 6.25. The van der Waals surface area contributed by atoms with E-state index in [4.69, 9.17) is 5.11 Å². The zero-order chi connectivity index (χ0) is 14.0. The molecule has 0 amide bonds. The summed E-state index contributed by atoms with van der Waals surface area (Å²) in [5, 5.41) is 16.4. The molecule has 0 aliphatic rings. The number of sulfonamides is 1. The number of aromatic nitrogens is 3. The van der Waals surface area contributed by atoms with Gasteiger partial charge >= 0.3 is 0 Å². The molecule has 0 aliphatic carbocycles. The van der Waals surface area contributed by atoms with Crippen LogP contribution in [0.25, 0.3) is 0 Å². The van der Waals surface area contributed by atoms with E-state index < -0.39 is 10.0 Å². The number of halogens is 1. The molecule has 0 unspecified atom stereocenters. The molecule has 0 spiro atoms. The first-order chi connectivity index (χ1) is 8.90. The molecule has 0 aliphatic heterocycles. The van der Waals surface area contributed by atoms with E-state index in [0.717, 1.165) is 5.56 Å². The van der Waals surface area contributed by atoms with Crippen LogP contribution < -0.4 is 4.72 Å². The van der Waals surface area contributed by atoms with E-state index >= 15 is 0 Å². The van der Waals surface area contributed by atoms with Gasteiger partial charge in [0, 0.05) is 13.6 Å². The zero-order valence-corrected chi connectivity index (χ0v) is 12.3. The van der Waals surface area contributed by atoms with Crippen molar-refractivity contribution in [2.75, 3.05) is 0 Å². The van der Waals surface area contributed by atoms with Crippen molar-refractivity contribution in [1.82, 2.24) is 19.7 Å². The highest BCUT2D eigenvalue weighted by Crippen LogP contribution is 2.18. The summed E-state index contributed by atoms with van der Waals surface area (Å²) in [4.78, 5) is 0. The maximum absolute atomic E-state index is 12.1. The molecule has 2 N–H and O–H groups in total. The molecular formula is C10H11BrN4O3S. The molecular weight excluding hydrogens is 336 g/mol. The zero-order valence-electron chi connectivity index (χ0n) is 9.91. The Morgan fingerprint density at radius 2 is 2.00 bits per heavy atom. The molecule has 1 aromatic heterocycles.